The van der Waals surface area contributed by atoms with Gasteiger partial charge in [0.1, 0.15) is 0 Å². The van der Waals surface area contributed by atoms with Crippen LogP contribution in [-0.4, -0.2) is 55.6 Å². The minimum atomic E-state index is 0.183. The first-order valence-electron chi connectivity index (χ1n) is 7.10. The van der Waals surface area contributed by atoms with Gasteiger partial charge in [0.2, 0.25) is 0 Å². The molecule has 1 aromatic rings. The van der Waals surface area contributed by atoms with Crippen molar-refractivity contribution in [2.75, 3.05) is 40.3 Å². The lowest BCUT2D eigenvalue weighted by Crippen LogP contribution is -2.56. The second-order valence-electron chi connectivity index (χ2n) is 6.46. The molecule has 1 amide bonds. The third kappa shape index (κ3) is 3.35. The zero-order valence-electron chi connectivity index (χ0n) is 12.5. The summed E-state index contributed by atoms with van der Waals surface area (Å²) in [7, 11) is 4.45. The van der Waals surface area contributed by atoms with Gasteiger partial charge in [0, 0.05) is 5.56 Å². The van der Waals surface area contributed by atoms with Crippen molar-refractivity contribution in [2.45, 2.75) is 19.8 Å². The van der Waals surface area contributed by atoms with E-state index in [1.165, 1.54) is 5.56 Å². The first-order valence-corrected chi connectivity index (χ1v) is 7.10. The van der Waals surface area contributed by atoms with Crippen molar-refractivity contribution in [3.63, 3.8) is 0 Å². The number of benzene rings is 1. The summed E-state index contributed by atoms with van der Waals surface area (Å²) in [5.74, 6) is 0.645. The van der Waals surface area contributed by atoms with Crippen LogP contribution in [0.4, 0.5) is 0 Å². The second-order valence-corrected chi connectivity index (χ2v) is 6.46. The highest BCUT2D eigenvalue weighted by Crippen LogP contribution is 2.17. The maximum absolute atomic E-state index is 12.5. The molecule has 0 aliphatic carbocycles. The molecule has 2 rings (SSSR count). The number of hydrogen-bond donors (Lipinski definition) is 0. The summed E-state index contributed by atoms with van der Waals surface area (Å²) in [6, 6.07) is 8.06. The van der Waals surface area contributed by atoms with E-state index in [4.69, 9.17) is 0 Å². The van der Waals surface area contributed by atoms with Gasteiger partial charge in [0.25, 0.3) is 5.91 Å². The summed E-state index contributed by atoms with van der Waals surface area (Å²) in [5, 5.41) is 0. The second kappa shape index (κ2) is 5.33. The maximum Gasteiger partial charge on any atom is 0.254 e. The van der Waals surface area contributed by atoms with Crippen molar-refractivity contribution in [1.82, 2.24) is 4.90 Å². The zero-order chi connectivity index (χ0) is 14.0. The highest BCUT2D eigenvalue weighted by atomic mass is 16.2. The Balaban J connectivity index is 2.10. The number of nitrogens with zero attached hydrogens (tertiary/aromatic N) is 2. The number of quaternary nitrogens is 1. The van der Waals surface area contributed by atoms with Crippen molar-refractivity contribution in [3.05, 3.63) is 35.4 Å². The molecule has 1 aliphatic rings. The average molecular weight is 261 g/mol. The minimum absolute atomic E-state index is 0.183. The number of piperazine rings is 1. The van der Waals surface area contributed by atoms with E-state index in [-0.39, 0.29) is 5.91 Å². The van der Waals surface area contributed by atoms with Crippen LogP contribution in [0.1, 0.15) is 35.7 Å². The Kier molecular flexibility index (Phi) is 3.95. The summed E-state index contributed by atoms with van der Waals surface area (Å²) in [6.45, 7) is 8.11. The van der Waals surface area contributed by atoms with E-state index < -0.39 is 0 Å². The Morgan fingerprint density at radius 2 is 1.84 bits per heavy atom. The minimum Gasteiger partial charge on any atom is -0.327 e. The number of amides is 1. The first kappa shape index (κ1) is 14.1. The standard InChI is InChI=1S/C16H25N2O/c1-13(2)14-6-5-7-15(12-14)16(19)17-8-10-18(3,4)11-9-17/h5-7,12-13H,8-11H2,1-4H3/q+1. The summed E-state index contributed by atoms with van der Waals surface area (Å²) < 4.78 is 1.01. The number of rotatable bonds is 2. The number of carbonyl (C=O) groups excluding carboxylic acids is 1. The monoisotopic (exact) mass is 261 g/mol. The fourth-order valence-corrected chi connectivity index (χ4v) is 2.42. The molecule has 0 unspecified atom stereocenters. The molecule has 0 bridgehead atoms. The van der Waals surface area contributed by atoms with Gasteiger partial charge in [-0.3, -0.25) is 4.79 Å². The molecule has 0 saturated carbocycles. The smallest absolute Gasteiger partial charge is 0.254 e. The van der Waals surface area contributed by atoms with E-state index in [9.17, 15) is 4.79 Å². The third-order valence-corrected chi connectivity index (χ3v) is 4.04. The Labute approximate surface area is 116 Å². The van der Waals surface area contributed by atoms with Crippen LogP contribution >= 0.6 is 0 Å². The molecule has 104 valence electrons. The van der Waals surface area contributed by atoms with Crippen LogP contribution in [0, 0.1) is 0 Å². The lowest BCUT2D eigenvalue weighted by Gasteiger charge is -2.39. The molecule has 1 heterocycles. The van der Waals surface area contributed by atoms with Crippen molar-refractivity contribution in [1.29, 1.82) is 0 Å². The van der Waals surface area contributed by atoms with E-state index in [0.29, 0.717) is 5.92 Å². The first-order chi connectivity index (χ1) is 8.89. The molecule has 0 atom stereocenters. The van der Waals surface area contributed by atoms with Crippen LogP contribution < -0.4 is 0 Å². The van der Waals surface area contributed by atoms with Crippen LogP contribution in [0.15, 0.2) is 24.3 Å². The van der Waals surface area contributed by atoms with Gasteiger partial charge in [-0.05, 0) is 23.6 Å². The largest absolute Gasteiger partial charge is 0.327 e. The van der Waals surface area contributed by atoms with Gasteiger partial charge >= 0.3 is 0 Å². The predicted octanol–water partition coefficient (Wildman–Crippen LogP) is 2.34. The van der Waals surface area contributed by atoms with E-state index in [1.54, 1.807) is 0 Å². The molecular formula is C16H25N2O+. The molecule has 1 aliphatic heterocycles. The molecule has 1 fully saturated rings. The third-order valence-electron chi connectivity index (χ3n) is 4.04. The molecule has 0 N–H and O–H groups in total. The van der Waals surface area contributed by atoms with E-state index in [0.717, 1.165) is 36.2 Å². The highest BCUT2D eigenvalue weighted by Gasteiger charge is 2.27. The summed E-state index contributed by atoms with van der Waals surface area (Å²) >= 11 is 0. The molecular weight excluding hydrogens is 236 g/mol. The SMILES string of the molecule is CC(C)c1cccc(C(=O)N2CC[N+](C)(C)CC2)c1. The normalized spacial score (nSPS) is 18.7. The Morgan fingerprint density at radius 3 is 2.42 bits per heavy atom. The molecule has 1 saturated heterocycles. The molecule has 1 aromatic carbocycles. The molecule has 3 heteroatoms. The molecule has 0 radical (unpaired) electrons. The maximum atomic E-state index is 12.5. The average Bonchev–Trinajstić information content (AvgIpc) is 2.38. The van der Waals surface area contributed by atoms with Crippen molar-refractivity contribution in [3.8, 4) is 0 Å². The quantitative estimate of drug-likeness (QED) is 0.748. The molecule has 0 aromatic heterocycles. The lowest BCUT2D eigenvalue weighted by molar-refractivity contribution is -0.894. The van der Waals surface area contributed by atoms with Gasteiger partial charge < -0.3 is 9.38 Å². The van der Waals surface area contributed by atoms with Crippen molar-refractivity contribution >= 4 is 5.91 Å². The lowest BCUT2D eigenvalue weighted by atomic mass is 10.0. The van der Waals surface area contributed by atoms with Crippen LogP contribution in [-0.2, 0) is 0 Å². The number of likely N-dealkylation sites (N-methyl/N-ethyl adjacent to an activating group) is 1. The van der Waals surface area contributed by atoms with Gasteiger partial charge in [0.15, 0.2) is 0 Å². The molecule has 19 heavy (non-hydrogen) atoms. The molecule has 3 nitrogen and oxygen atoms in total. The number of carbonyl (C=O) groups is 1. The predicted molar refractivity (Wildman–Crippen MR) is 78.3 cm³/mol. The van der Waals surface area contributed by atoms with Gasteiger partial charge in [-0.2, -0.15) is 0 Å². The fraction of sp³-hybridized carbons (Fsp3) is 0.562. The number of hydrogen-bond acceptors (Lipinski definition) is 1. The highest BCUT2D eigenvalue weighted by molar-refractivity contribution is 5.94. The zero-order valence-corrected chi connectivity index (χ0v) is 12.5. The summed E-state index contributed by atoms with van der Waals surface area (Å²) in [5.41, 5.74) is 2.07. The Hall–Kier alpha value is -1.35. The van der Waals surface area contributed by atoms with E-state index in [2.05, 4.69) is 34.0 Å². The summed E-state index contributed by atoms with van der Waals surface area (Å²) in [4.78, 5) is 14.5. The Morgan fingerprint density at radius 1 is 1.21 bits per heavy atom. The van der Waals surface area contributed by atoms with Crippen molar-refractivity contribution in [2.24, 2.45) is 0 Å². The van der Waals surface area contributed by atoms with Gasteiger partial charge in [0.05, 0.1) is 40.3 Å². The van der Waals surface area contributed by atoms with E-state index in [1.807, 2.05) is 23.1 Å². The van der Waals surface area contributed by atoms with E-state index >= 15 is 0 Å². The van der Waals surface area contributed by atoms with Crippen molar-refractivity contribution < 1.29 is 9.28 Å². The van der Waals surface area contributed by atoms with Crippen LogP contribution in [0.25, 0.3) is 0 Å². The van der Waals surface area contributed by atoms with Crippen LogP contribution in [0.2, 0.25) is 0 Å². The summed E-state index contributed by atoms with van der Waals surface area (Å²) in [6.07, 6.45) is 0. The van der Waals surface area contributed by atoms with Crippen LogP contribution in [0.5, 0.6) is 0 Å². The van der Waals surface area contributed by atoms with Gasteiger partial charge in [-0.15, -0.1) is 0 Å². The molecule has 0 spiro atoms. The van der Waals surface area contributed by atoms with Gasteiger partial charge in [-0.1, -0.05) is 26.0 Å². The van der Waals surface area contributed by atoms with Crippen LogP contribution in [0.3, 0.4) is 0 Å². The fourth-order valence-electron chi connectivity index (χ4n) is 2.42. The Bertz CT molecular complexity index is 456. The van der Waals surface area contributed by atoms with Gasteiger partial charge in [-0.25, -0.2) is 0 Å². The topological polar surface area (TPSA) is 20.3 Å².